The average Bonchev–Trinajstić information content (AvgIpc) is 2.40. The predicted molar refractivity (Wildman–Crippen MR) is 74.9 cm³/mol. The summed E-state index contributed by atoms with van der Waals surface area (Å²) in [5.41, 5.74) is 0. The smallest absolute Gasteiger partial charge is 0.0593 e. The summed E-state index contributed by atoms with van der Waals surface area (Å²) in [5, 5.41) is 8.87. The summed E-state index contributed by atoms with van der Waals surface area (Å²) in [4.78, 5) is 4.78. The van der Waals surface area contributed by atoms with Gasteiger partial charge in [0.1, 0.15) is 0 Å². The van der Waals surface area contributed by atoms with E-state index in [1.54, 1.807) is 0 Å². The van der Waals surface area contributed by atoms with Gasteiger partial charge in [-0.15, -0.1) is 0 Å². The van der Waals surface area contributed by atoms with Crippen molar-refractivity contribution in [3.05, 3.63) is 0 Å². The maximum atomic E-state index is 8.87. The summed E-state index contributed by atoms with van der Waals surface area (Å²) in [7, 11) is 0. The van der Waals surface area contributed by atoms with Crippen LogP contribution in [0.2, 0.25) is 0 Å². The van der Waals surface area contributed by atoms with Crippen molar-refractivity contribution in [3.8, 4) is 0 Å². The molecule has 0 amide bonds. The second-order valence-corrected chi connectivity index (χ2v) is 5.08. The minimum atomic E-state index is 0.279. The van der Waals surface area contributed by atoms with E-state index in [4.69, 9.17) is 9.84 Å². The Morgan fingerprint density at radius 1 is 0.889 bits per heavy atom. The van der Waals surface area contributed by atoms with Crippen molar-refractivity contribution in [1.29, 1.82) is 0 Å². The molecule has 4 heteroatoms. The zero-order valence-electron chi connectivity index (χ0n) is 11.9. The van der Waals surface area contributed by atoms with Crippen LogP contribution in [-0.4, -0.2) is 74.0 Å². The summed E-state index contributed by atoms with van der Waals surface area (Å²) in [6.07, 6.45) is 5.13. The Labute approximate surface area is 112 Å². The number of piperazine rings is 1. The number of rotatable bonds is 10. The highest BCUT2D eigenvalue weighted by molar-refractivity contribution is 4.71. The van der Waals surface area contributed by atoms with Gasteiger partial charge in [-0.3, -0.25) is 9.80 Å². The predicted octanol–water partition coefficient (Wildman–Crippen LogP) is 1.19. The minimum Gasteiger partial charge on any atom is -0.395 e. The molecule has 18 heavy (non-hydrogen) atoms. The van der Waals surface area contributed by atoms with Crippen molar-refractivity contribution in [2.75, 3.05) is 59.1 Å². The lowest BCUT2D eigenvalue weighted by Crippen LogP contribution is -2.47. The van der Waals surface area contributed by atoms with Crippen LogP contribution in [0.5, 0.6) is 0 Å². The summed E-state index contributed by atoms with van der Waals surface area (Å²) >= 11 is 0. The molecule has 0 unspecified atom stereocenters. The van der Waals surface area contributed by atoms with Crippen LogP contribution in [0.3, 0.4) is 0 Å². The van der Waals surface area contributed by atoms with Crippen LogP contribution in [0, 0.1) is 0 Å². The summed E-state index contributed by atoms with van der Waals surface area (Å²) in [5.74, 6) is 0. The van der Waals surface area contributed by atoms with Gasteiger partial charge in [0.2, 0.25) is 0 Å². The molecule has 0 aromatic carbocycles. The average molecular weight is 258 g/mol. The van der Waals surface area contributed by atoms with Crippen molar-refractivity contribution in [3.63, 3.8) is 0 Å². The summed E-state index contributed by atoms with van der Waals surface area (Å²) in [6, 6.07) is 0. The third-order valence-electron chi connectivity index (χ3n) is 3.58. The fourth-order valence-corrected chi connectivity index (χ4v) is 2.30. The zero-order valence-corrected chi connectivity index (χ0v) is 11.9. The van der Waals surface area contributed by atoms with Crippen LogP contribution >= 0.6 is 0 Å². The van der Waals surface area contributed by atoms with Gasteiger partial charge >= 0.3 is 0 Å². The molecule has 1 aliphatic heterocycles. The first kappa shape index (κ1) is 15.9. The van der Waals surface area contributed by atoms with Crippen LogP contribution in [0.25, 0.3) is 0 Å². The second-order valence-electron chi connectivity index (χ2n) is 5.08. The molecule has 0 radical (unpaired) electrons. The molecule has 108 valence electrons. The highest BCUT2D eigenvalue weighted by Crippen LogP contribution is 2.02. The van der Waals surface area contributed by atoms with Gasteiger partial charge in [-0.25, -0.2) is 0 Å². The van der Waals surface area contributed by atoms with E-state index in [0.717, 1.165) is 52.5 Å². The van der Waals surface area contributed by atoms with Gasteiger partial charge in [0, 0.05) is 45.9 Å². The van der Waals surface area contributed by atoms with E-state index in [-0.39, 0.29) is 6.61 Å². The van der Waals surface area contributed by atoms with Crippen molar-refractivity contribution >= 4 is 0 Å². The van der Waals surface area contributed by atoms with Gasteiger partial charge < -0.3 is 9.84 Å². The monoisotopic (exact) mass is 258 g/mol. The molecule has 0 aliphatic carbocycles. The molecule has 0 bridgehead atoms. The van der Waals surface area contributed by atoms with Crippen LogP contribution < -0.4 is 0 Å². The molecular weight excluding hydrogens is 228 g/mol. The molecule has 0 aromatic heterocycles. The Bertz CT molecular complexity index is 183. The largest absolute Gasteiger partial charge is 0.395 e. The van der Waals surface area contributed by atoms with Gasteiger partial charge in [-0.1, -0.05) is 26.2 Å². The van der Waals surface area contributed by atoms with Gasteiger partial charge in [-0.2, -0.15) is 0 Å². The maximum absolute atomic E-state index is 8.87. The first-order chi connectivity index (χ1) is 8.86. The lowest BCUT2D eigenvalue weighted by molar-refractivity contribution is 0.0686. The van der Waals surface area contributed by atoms with Gasteiger partial charge in [0.15, 0.2) is 0 Å². The number of ether oxygens (including phenoxy) is 1. The normalized spacial score (nSPS) is 18.3. The second kappa shape index (κ2) is 10.7. The Hall–Kier alpha value is -0.160. The number of nitrogens with zero attached hydrogens (tertiary/aromatic N) is 2. The number of hydrogen-bond donors (Lipinski definition) is 1. The van der Waals surface area contributed by atoms with Crippen LogP contribution in [-0.2, 0) is 4.74 Å². The van der Waals surface area contributed by atoms with E-state index in [1.807, 2.05) is 0 Å². The molecule has 4 nitrogen and oxygen atoms in total. The number of aliphatic hydroxyl groups is 1. The molecule has 0 spiro atoms. The third-order valence-corrected chi connectivity index (χ3v) is 3.58. The van der Waals surface area contributed by atoms with Crippen molar-refractivity contribution in [2.24, 2.45) is 0 Å². The standard InChI is InChI=1S/C14H30N2O2/c1-2-3-4-5-13-18-14-11-16-8-6-15(7-9-16)10-12-17/h17H,2-14H2,1H3. The lowest BCUT2D eigenvalue weighted by atomic mass is 10.2. The van der Waals surface area contributed by atoms with Gasteiger partial charge in [-0.05, 0) is 6.42 Å². The van der Waals surface area contributed by atoms with E-state index in [9.17, 15) is 0 Å². The van der Waals surface area contributed by atoms with E-state index in [0.29, 0.717) is 0 Å². The number of aliphatic hydroxyl groups excluding tert-OH is 1. The molecule has 1 heterocycles. The SMILES string of the molecule is CCCCCCOCCN1CCN(CCO)CC1. The molecule has 0 saturated carbocycles. The van der Waals surface area contributed by atoms with Crippen LogP contribution in [0.15, 0.2) is 0 Å². The quantitative estimate of drug-likeness (QED) is 0.597. The van der Waals surface area contributed by atoms with E-state index in [2.05, 4.69) is 16.7 Å². The molecule has 1 fully saturated rings. The van der Waals surface area contributed by atoms with Crippen LogP contribution in [0.1, 0.15) is 32.6 Å². The fraction of sp³-hybridized carbons (Fsp3) is 1.00. The highest BCUT2D eigenvalue weighted by Gasteiger charge is 2.15. The summed E-state index contributed by atoms with van der Waals surface area (Å²) < 4.78 is 5.66. The maximum Gasteiger partial charge on any atom is 0.0593 e. The first-order valence-corrected chi connectivity index (χ1v) is 7.50. The first-order valence-electron chi connectivity index (χ1n) is 7.50. The molecule has 0 aromatic rings. The molecule has 1 N–H and O–H groups in total. The number of hydrogen-bond acceptors (Lipinski definition) is 4. The van der Waals surface area contributed by atoms with E-state index >= 15 is 0 Å². The molecular formula is C14H30N2O2. The zero-order chi connectivity index (χ0) is 13.1. The Kier molecular flexibility index (Phi) is 9.48. The Balaban J connectivity index is 1.88. The number of unbranched alkanes of at least 4 members (excludes halogenated alkanes) is 3. The highest BCUT2D eigenvalue weighted by atomic mass is 16.5. The topological polar surface area (TPSA) is 35.9 Å². The Morgan fingerprint density at radius 3 is 2.17 bits per heavy atom. The molecule has 1 saturated heterocycles. The van der Waals surface area contributed by atoms with Gasteiger partial charge in [0.25, 0.3) is 0 Å². The van der Waals surface area contributed by atoms with E-state index < -0.39 is 0 Å². The van der Waals surface area contributed by atoms with Crippen LogP contribution in [0.4, 0.5) is 0 Å². The van der Waals surface area contributed by atoms with Crippen molar-refractivity contribution < 1.29 is 9.84 Å². The molecule has 1 aliphatic rings. The molecule has 0 atom stereocenters. The van der Waals surface area contributed by atoms with Crippen molar-refractivity contribution in [2.45, 2.75) is 32.6 Å². The number of β-amino-alcohol motifs (C(OH)–C–C–N with tert-alkyl or cyclic N) is 1. The lowest BCUT2D eigenvalue weighted by Gasteiger charge is -2.34. The van der Waals surface area contributed by atoms with E-state index in [1.165, 1.54) is 25.7 Å². The van der Waals surface area contributed by atoms with Crippen molar-refractivity contribution in [1.82, 2.24) is 9.80 Å². The Morgan fingerprint density at radius 2 is 1.56 bits per heavy atom. The van der Waals surface area contributed by atoms with Gasteiger partial charge in [0.05, 0.1) is 13.2 Å². The molecule has 1 rings (SSSR count). The minimum absolute atomic E-state index is 0.279. The summed E-state index contributed by atoms with van der Waals surface area (Å²) in [6.45, 7) is 10.6. The third kappa shape index (κ3) is 7.31. The fourth-order valence-electron chi connectivity index (χ4n) is 2.30.